The molecule has 0 heterocycles. The highest BCUT2D eigenvalue weighted by Gasteiger charge is 2.43. The van der Waals surface area contributed by atoms with Crippen LogP contribution in [-0.4, -0.2) is 52.7 Å². The summed E-state index contributed by atoms with van der Waals surface area (Å²) < 4.78 is 23.0. The number of nitrogens with one attached hydrogen (secondary N) is 1. The number of likely N-dealkylation sites (N-methyl/N-ethyl adjacent to an activating group) is 1. The van der Waals surface area contributed by atoms with Gasteiger partial charge in [-0.2, -0.15) is 0 Å². The molecule has 3 unspecified atom stereocenters. The molecule has 1 N–H and O–H groups in total. The van der Waals surface area contributed by atoms with Gasteiger partial charge in [0.05, 0.1) is 24.8 Å². The second kappa shape index (κ2) is 7.98. The summed E-state index contributed by atoms with van der Waals surface area (Å²) in [5.41, 5.74) is 0. The molecule has 0 radical (unpaired) electrons. The van der Waals surface area contributed by atoms with E-state index in [0.717, 1.165) is 22.4 Å². The molecule has 118 valence electrons. The Labute approximate surface area is 134 Å². The molecule has 21 heavy (non-hydrogen) atoms. The lowest BCUT2D eigenvalue weighted by Gasteiger charge is -2.43. The van der Waals surface area contributed by atoms with Crippen molar-refractivity contribution in [2.24, 2.45) is 0 Å². The molecule has 1 aromatic carbocycles. The standard InChI is InChI=1S/C15H22BrNO4/c1-17-12-9-14(15(12)20-7-6-18-2)21-13-5-4-10(19-3)8-11(13)16/h4-5,8,12,14-15,17H,6-7,9H2,1-3H3. The van der Waals surface area contributed by atoms with E-state index in [1.54, 1.807) is 14.2 Å². The number of ether oxygens (including phenoxy) is 4. The van der Waals surface area contributed by atoms with Crippen LogP contribution in [0.25, 0.3) is 0 Å². The summed E-state index contributed by atoms with van der Waals surface area (Å²) in [4.78, 5) is 0. The van der Waals surface area contributed by atoms with Crippen LogP contribution in [0, 0.1) is 0 Å². The topological polar surface area (TPSA) is 49.0 Å². The van der Waals surface area contributed by atoms with Crippen molar-refractivity contribution in [3.05, 3.63) is 22.7 Å². The molecule has 2 rings (SSSR count). The van der Waals surface area contributed by atoms with Gasteiger partial charge in [-0.3, -0.25) is 0 Å². The monoisotopic (exact) mass is 359 g/mol. The van der Waals surface area contributed by atoms with Crippen LogP contribution >= 0.6 is 15.9 Å². The van der Waals surface area contributed by atoms with Gasteiger partial charge in [-0.25, -0.2) is 0 Å². The highest BCUT2D eigenvalue weighted by Crippen LogP contribution is 2.34. The Bertz CT molecular complexity index is 457. The van der Waals surface area contributed by atoms with Crippen LogP contribution in [0.1, 0.15) is 6.42 Å². The maximum atomic E-state index is 6.05. The molecule has 1 aromatic rings. The molecule has 0 aliphatic heterocycles. The molecule has 0 bridgehead atoms. The molecule has 1 aliphatic carbocycles. The third-order valence-corrected chi connectivity index (χ3v) is 4.25. The van der Waals surface area contributed by atoms with E-state index in [-0.39, 0.29) is 12.2 Å². The first-order valence-electron chi connectivity index (χ1n) is 6.97. The third kappa shape index (κ3) is 4.10. The molecule has 0 aromatic heterocycles. The Morgan fingerprint density at radius 1 is 1.29 bits per heavy atom. The summed E-state index contributed by atoms with van der Waals surface area (Å²) in [7, 11) is 5.25. The van der Waals surface area contributed by atoms with Crippen molar-refractivity contribution in [1.82, 2.24) is 5.32 Å². The fraction of sp³-hybridized carbons (Fsp3) is 0.600. The minimum absolute atomic E-state index is 0.0409. The predicted octanol–water partition coefficient (Wildman–Crippen LogP) is 2.23. The van der Waals surface area contributed by atoms with Crippen molar-refractivity contribution >= 4 is 15.9 Å². The van der Waals surface area contributed by atoms with E-state index in [4.69, 9.17) is 18.9 Å². The third-order valence-electron chi connectivity index (χ3n) is 3.64. The largest absolute Gasteiger partial charge is 0.497 e. The van der Waals surface area contributed by atoms with Crippen LogP contribution in [0.15, 0.2) is 22.7 Å². The average molecular weight is 360 g/mol. The van der Waals surface area contributed by atoms with E-state index in [0.29, 0.717) is 19.3 Å². The molecule has 1 aliphatic rings. The lowest BCUT2D eigenvalue weighted by atomic mass is 9.85. The summed E-state index contributed by atoms with van der Waals surface area (Å²) in [5.74, 6) is 1.60. The van der Waals surface area contributed by atoms with E-state index in [9.17, 15) is 0 Å². The maximum absolute atomic E-state index is 6.05. The van der Waals surface area contributed by atoms with Gasteiger partial charge in [-0.1, -0.05) is 0 Å². The Morgan fingerprint density at radius 3 is 2.71 bits per heavy atom. The van der Waals surface area contributed by atoms with Crippen molar-refractivity contribution in [1.29, 1.82) is 0 Å². The summed E-state index contributed by atoms with van der Waals surface area (Å²) in [5, 5.41) is 3.25. The van der Waals surface area contributed by atoms with Gasteiger partial charge in [0.25, 0.3) is 0 Å². The predicted molar refractivity (Wildman–Crippen MR) is 84.2 cm³/mol. The second-order valence-electron chi connectivity index (χ2n) is 4.91. The Morgan fingerprint density at radius 2 is 2.10 bits per heavy atom. The zero-order chi connectivity index (χ0) is 15.2. The highest BCUT2D eigenvalue weighted by molar-refractivity contribution is 9.10. The van der Waals surface area contributed by atoms with Crippen LogP contribution in [0.2, 0.25) is 0 Å². The Hall–Kier alpha value is -0.820. The average Bonchev–Trinajstić information content (AvgIpc) is 2.48. The summed E-state index contributed by atoms with van der Waals surface area (Å²) in [6, 6.07) is 6.00. The zero-order valence-electron chi connectivity index (χ0n) is 12.6. The molecule has 0 saturated heterocycles. The van der Waals surface area contributed by atoms with Crippen LogP contribution in [-0.2, 0) is 9.47 Å². The van der Waals surface area contributed by atoms with Gasteiger partial charge in [-0.05, 0) is 41.2 Å². The van der Waals surface area contributed by atoms with Crippen LogP contribution < -0.4 is 14.8 Å². The molecule has 1 saturated carbocycles. The van der Waals surface area contributed by atoms with E-state index >= 15 is 0 Å². The maximum Gasteiger partial charge on any atom is 0.134 e. The van der Waals surface area contributed by atoms with Crippen molar-refractivity contribution < 1.29 is 18.9 Å². The Kier molecular flexibility index (Phi) is 6.29. The van der Waals surface area contributed by atoms with Crippen LogP contribution in [0.3, 0.4) is 0 Å². The van der Waals surface area contributed by atoms with E-state index in [1.807, 2.05) is 25.2 Å². The molecule has 6 heteroatoms. The highest BCUT2D eigenvalue weighted by atomic mass is 79.9. The zero-order valence-corrected chi connectivity index (χ0v) is 14.2. The van der Waals surface area contributed by atoms with Gasteiger partial charge in [-0.15, -0.1) is 0 Å². The molecular formula is C15H22BrNO4. The van der Waals surface area contributed by atoms with Crippen molar-refractivity contribution in [3.63, 3.8) is 0 Å². The minimum atomic E-state index is 0.0409. The van der Waals surface area contributed by atoms with Crippen molar-refractivity contribution in [3.8, 4) is 11.5 Å². The SMILES string of the molecule is CNC1CC(Oc2ccc(OC)cc2Br)C1OCCOC. The first-order valence-corrected chi connectivity index (χ1v) is 7.77. The number of halogens is 1. The lowest BCUT2D eigenvalue weighted by Crippen LogP contribution is -2.60. The molecular weight excluding hydrogens is 338 g/mol. The van der Waals surface area contributed by atoms with Crippen LogP contribution in [0.4, 0.5) is 0 Å². The van der Waals surface area contributed by atoms with E-state index in [1.165, 1.54) is 0 Å². The smallest absolute Gasteiger partial charge is 0.134 e. The van der Waals surface area contributed by atoms with Gasteiger partial charge >= 0.3 is 0 Å². The molecule has 3 atom stereocenters. The van der Waals surface area contributed by atoms with E-state index < -0.39 is 0 Å². The van der Waals surface area contributed by atoms with Crippen molar-refractivity contribution in [2.75, 3.05) is 34.5 Å². The van der Waals surface area contributed by atoms with Gasteiger partial charge in [0.1, 0.15) is 23.7 Å². The second-order valence-corrected chi connectivity index (χ2v) is 5.77. The summed E-state index contributed by atoms with van der Waals surface area (Å²) in [6.45, 7) is 1.16. The van der Waals surface area contributed by atoms with E-state index in [2.05, 4.69) is 21.2 Å². The number of methoxy groups -OCH3 is 2. The summed E-state index contributed by atoms with van der Waals surface area (Å²) >= 11 is 3.50. The quantitative estimate of drug-likeness (QED) is 0.721. The number of hydrogen-bond acceptors (Lipinski definition) is 5. The van der Waals surface area contributed by atoms with Crippen LogP contribution in [0.5, 0.6) is 11.5 Å². The lowest BCUT2D eigenvalue weighted by molar-refractivity contribution is -0.114. The molecule has 0 spiro atoms. The van der Waals surface area contributed by atoms with Gasteiger partial charge in [0, 0.05) is 19.6 Å². The molecule has 5 nitrogen and oxygen atoms in total. The van der Waals surface area contributed by atoms with Crippen molar-refractivity contribution in [2.45, 2.75) is 24.7 Å². The molecule has 0 amide bonds. The fourth-order valence-corrected chi connectivity index (χ4v) is 2.79. The van der Waals surface area contributed by atoms with Gasteiger partial charge < -0.3 is 24.3 Å². The molecule has 1 fully saturated rings. The van der Waals surface area contributed by atoms with Gasteiger partial charge in [0.15, 0.2) is 0 Å². The fourth-order valence-electron chi connectivity index (χ4n) is 2.34. The summed E-state index contributed by atoms with van der Waals surface area (Å²) in [6.07, 6.45) is 1.01. The number of benzene rings is 1. The Balaban J connectivity index is 1.95. The first-order chi connectivity index (χ1) is 10.2. The first kappa shape index (κ1) is 16.5. The number of hydrogen-bond donors (Lipinski definition) is 1. The van der Waals surface area contributed by atoms with Gasteiger partial charge in [0.2, 0.25) is 0 Å². The minimum Gasteiger partial charge on any atom is -0.497 e. The normalized spacial score (nSPS) is 24.5. The number of rotatable bonds is 8.